The standard InChI is InChI=1S/C17H26FNO2/c1-12(2)10-19-11-13-6-5-7-14(18)17(13)21-16-9-4-3-8-15(16)20/h5-7,12,15-16,19-20H,3-4,8-11H2,1-2H3. The maximum absolute atomic E-state index is 14.1. The summed E-state index contributed by atoms with van der Waals surface area (Å²) in [6.07, 6.45) is 2.78. The average molecular weight is 295 g/mol. The normalized spacial score (nSPS) is 22.5. The summed E-state index contributed by atoms with van der Waals surface area (Å²) >= 11 is 0. The van der Waals surface area contributed by atoms with Crippen LogP contribution >= 0.6 is 0 Å². The van der Waals surface area contributed by atoms with Gasteiger partial charge in [0.15, 0.2) is 11.6 Å². The molecule has 0 saturated heterocycles. The predicted molar refractivity (Wildman–Crippen MR) is 81.8 cm³/mol. The van der Waals surface area contributed by atoms with Crippen LogP contribution in [0.4, 0.5) is 4.39 Å². The Hall–Kier alpha value is -1.13. The summed E-state index contributed by atoms with van der Waals surface area (Å²) in [6.45, 7) is 5.72. The van der Waals surface area contributed by atoms with E-state index in [2.05, 4.69) is 19.2 Å². The largest absolute Gasteiger partial charge is 0.484 e. The van der Waals surface area contributed by atoms with Crippen molar-refractivity contribution in [1.82, 2.24) is 5.32 Å². The first-order valence-electron chi connectivity index (χ1n) is 7.90. The van der Waals surface area contributed by atoms with E-state index < -0.39 is 6.10 Å². The minimum absolute atomic E-state index is 0.291. The van der Waals surface area contributed by atoms with Crippen molar-refractivity contribution in [3.8, 4) is 5.75 Å². The van der Waals surface area contributed by atoms with Crippen molar-refractivity contribution in [2.75, 3.05) is 6.54 Å². The van der Waals surface area contributed by atoms with Gasteiger partial charge >= 0.3 is 0 Å². The molecule has 2 N–H and O–H groups in total. The molecule has 2 atom stereocenters. The van der Waals surface area contributed by atoms with Crippen LogP contribution in [0.3, 0.4) is 0 Å². The second-order valence-corrected chi connectivity index (χ2v) is 6.26. The molecule has 0 amide bonds. The van der Waals surface area contributed by atoms with Crippen LogP contribution in [0.15, 0.2) is 18.2 Å². The number of para-hydroxylation sites is 1. The van der Waals surface area contributed by atoms with E-state index in [-0.39, 0.29) is 11.9 Å². The highest BCUT2D eigenvalue weighted by molar-refractivity contribution is 5.35. The molecule has 3 nitrogen and oxygen atoms in total. The minimum atomic E-state index is -0.491. The Morgan fingerprint density at radius 3 is 2.81 bits per heavy atom. The molecule has 4 heteroatoms. The quantitative estimate of drug-likeness (QED) is 0.846. The highest BCUT2D eigenvalue weighted by atomic mass is 19.1. The van der Waals surface area contributed by atoms with E-state index in [9.17, 15) is 9.50 Å². The smallest absolute Gasteiger partial charge is 0.165 e. The van der Waals surface area contributed by atoms with Gasteiger partial charge in [-0.3, -0.25) is 0 Å². The van der Waals surface area contributed by atoms with Crippen LogP contribution in [0.1, 0.15) is 45.1 Å². The molecular formula is C17H26FNO2. The van der Waals surface area contributed by atoms with Crippen LogP contribution in [0.25, 0.3) is 0 Å². The fraction of sp³-hybridized carbons (Fsp3) is 0.647. The summed E-state index contributed by atoms with van der Waals surface area (Å²) in [5.74, 6) is 0.486. The highest BCUT2D eigenvalue weighted by Crippen LogP contribution is 2.28. The molecular weight excluding hydrogens is 269 g/mol. The maximum atomic E-state index is 14.1. The van der Waals surface area contributed by atoms with Gasteiger partial charge in [-0.25, -0.2) is 4.39 Å². The van der Waals surface area contributed by atoms with E-state index in [0.717, 1.165) is 37.8 Å². The first kappa shape index (κ1) is 16.2. The van der Waals surface area contributed by atoms with Crippen LogP contribution in [0.2, 0.25) is 0 Å². The molecule has 0 radical (unpaired) electrons. The van der Waals surface area contributed by atoms with Crippen LogP contribution in [-0.4, -0.2) is 23.9 Å². The molecule has 21 heavy (non-hydrogen) atoms. The van der Waals surface area contributed by atoms with Gasteiger partial charge < -0.3 is 15.2 Å². The summed E-state index contributed by atoms with van der Waals surface area (Å²) in [5, 5.41) is 13.3. The zero-order valence-corrected chi connectivity index (χ0v) is 12.9. The van der Waals surface area contributed by atoms with Gasteiger partial charge in [0.05, 0.1) is 6.10 Å². The Kier molecular flexibility index (Phi) is 6.00. The van der Waals surface area contributed by atoms with Crippen molar-refractivity contribution >= 4 is 0 Å². The molecule has 0 aromatic heterocycles. The van der Waals surface area contributed by atoms with Crippen molar-refractivity contribution in [3.05, 3.63) is 29.6 Å². The lowest BCUT2D eigenvalue weighted by Gasteiger charge is -2.29. The molecule has 1 fully saturated rings. The zero-order valence-electron chi connectivity index (χ0n) is 12.9. The zero-order chi connectivity index (χ0) is 15.2. The number of aliphatic hydroxyl groups is 1. The van der Waals surface area contributed by atoms with Gasteiger partial charge in [0.2, 0.25) is 0 Å². The topological polar surface area (TPSA) is 41.5 Å². The van der Waals surface area contributed by atoms with E-state index in [1.54, 1.807) is 6.07 Å². The van der Waals surface area contributed by atoms with Crippen LogP contribution in [0.5, 0.6) is 5.75 Å². The molecule has 1 saturated carbocycles. The Morgan fingerprint density at radius 2 is 2.10 bits per heavy atom. The summed E-state index contributed by atoms with van der Waals surface area (Å²) in [4.78, 5) is 0. The van der Waals surface area contributed by atoms with Crippen LogP contribution in [0, 0.1) is 11.7 Å². The van der Waals surface area contributed by atoms with Crippen molar-refractivity contribution in [1.29, 1.82) is 0 Å². The van der Waals surface area contributed by atoms with Crippen molar-refractivity contribution in [2.24, 2.45) is 5.92 Å². The summed E-state index contributed by atoms with van der Waals surface area (Å²) < 4.78 is 19.9. The Morgan fingerprint density at radius 1 is 1.33 bits per heavy atom. The molecule has 2 rings (SSSR count). The Labute approximate surface area is 126 Å². The monoisotopic (exact) mass is 295 g/mol. The summed E-state index contributed by atoms with van der Waals surface area (Å²) in [7, 11) is 0. The lowest BCUT2D eigenvalue weighted by atomic mass is 9.95. The summed E-state index contributed by atoms with van der Waals surface area (Å²) in [5.41, 5.74) is 0.813. The Bertz CT molecular complexity index is 450. The van der Waals surface area contributed by atoms with Gasteiger partial charge in [0.1, 0.15) is 6.10 Å². The van der Waals surface area contributed by atoms with Gasteiger partial charge in [0.25, 0.3) is 0 Å². The number of halogens is 1. The lowest BCUT2D eigenvalue weighted by molar-refractivity contribution is 0.00444. The number of hydrogen-bond donors (Lipinski definition) is 2. The molecule has 0 heterocycles. The fourth-order valence-corrected chi connectivity index (χ4v) is 2.69. The first-order valence-corrected chi connectivity index (χ1v) is 7.90. The number of nitrogens with one attached hydrogen (secondary N) is 1. The highest BCUT2D eigenvalue weighted by Gasteiger charge is 2.26. The number of rotatable bonds is 6. The number of ether oxygens (including phenoxy) is 1. The molecule has 118 valence electrons. The van der Waals surface area contributed by atoms with E-state index in [1.807, 2.05) is 6.07 Å². The molecule has 0 spiro atoms. The molecule has 1 aromatic carbocycles. The molecule has 1 aromatic rings. The van der Waals surface area contributed by atoms with Gasteiger partial charge in [-0.15, -0.1) is 0 Å². The second-order valence-electron chi connectivity index (χ2n) is 6.26. The van der Waals surface area contributed by atoms with Crippen molar-refractivity contribution in [2.45, 2.75) is 58.3 Å². The van der Waals surface area contributed by atoms with Gasteiger partial charge in [0, 0.05) is 12.1 Å². The lowest BCUT2D eigenvalue weighted by Crippen LogP contribution is -2.35. The fourth-order valence-electron chi connectivity index (χ4n) is 2.69. The summed E-state index contributed by atoms with van der Waals surface area (Å²) in [6, 6.07) is 4.99. The number of benzene rings is 1. The third kappa shape index (κ3) is 4.68. The van der Waals surface area contributed by atoms with Gasteiger partial charge in [-0.05, 0) is 37.8 Å². The number of hydrogen-bond acceptors (Lipinski definition) is 3. The van der Waals surface area contributed by atoms with E-state index in [0.29, 0.717) is 18.2 Å². The molecule has 0 aliphatic heterocycles. The van der Waals surface area contributed by atoms with E-state index >= 15 is 0 Å². The number of aliphatic hydroxyl groups excluding tert-OH is 1. The third-order valence-electron chi connectivity index (χ3n) is 3.85. The third-order valence-corrected chi connectivity index (χ3v) is 3.85. The van der Waals surface area contributed by atoms with Crippen molar-refractivity contribution < 1.29 is 14.2 Å². The SMILES string of the molecule is CC(C)CNCc1cccc(F)c1OC1CCCCC1O. The van der Waals surface area contributed by atoms with E-state index in [1.165, 1.54) is 6.07 Å². The predicted octanol–water partition coefficient (Wildman–Crippen LogP) is 3.25. The Balaban J connectivity index is 2.06. The van der Waals surface area contributed by atoms with Gasteiger partial charge in [-0.2, -0.15) is 0 Å². The van der Waals surface area contributed by atoms with Crippen LogP contribution < -0.4 is 10.1 Å². The average Bonchev–Trinajstić information content (AvgIpc) is 2.44. The molecule has 2 unspecified atom stereocenters. The van der Waals surface area contributed by atoms with Crippen LogP contribution in [-0.2, 0) is 6.54 Å². The maximum Gasteiger partial charge on any atom is 0.165 e. The molecule has 1 aliphatic rings. The second kappa shape index (κ2) is 7.76. The minimum Gasteiger partial charge on any atom is -0.484 e. The van der Waals surface area contributed by atoms with E-state index in [4.69, 9.17) is 4.74 Å². The first-order chi connectivity index (χ1) is 10.1. The molecule has 0 bridgehead atoms. The van der Waals surface area contributed by atoms with Crippen molar-refractivity contribution in [3.63, 3.8) is 0 Å². The van der Waals surface area contributed by atoms with Gasteiger partial charge in [-0.1, -0.05) is 32.4 Å². The molecule has 1 aliphatic carbocycles.